The van der Waals surface area contributed by atoms with Crippen molar-refractivity contribution in [3.63, 3.8) is 0 Å². The van der Waals surface area contributed by atoms with Crippen molar-refractivity contribution in [3.05, 3.63) is 84.3 Å². The van der Waals surface area contributed by atoms with Gasteiger partial charge in [0.05, 0.1) is 25.5 Å². The maximum Gasteiger partial charge on any atom is 0.278 e. The summed E-state index contributed by atoms with van der Waals surface area (Å²) >= 11 is 0. The first-order valence-corrected chi connectivity index (χ1v) is 14.4. The quantitative estimate of drug-likeness (QED) is 0.213. The van der Waals surface area contributed by atoms with Crippen molar-refractivity contribution in [2.45, 2.75) is 25.0 Å². The fraction of sp³-hybridized carbons (Fsp3) is 0.219. The molecule has 0 saturated heterocycles. The van der Waals surface area contributed by atoms with Gasteiger partial charge in [0, 0.05) is 23.9 Å². The molecule has 6 aliphatic heterocycles. The predicted molar refractivity (Wildman–Crippen MR) is 166 cm³/mol. The molecule has 8 bridgehead atoms. The average molecular weight is 628 g/mol. The average Bonchev–Trinajstić information content (AvgIpc) is 3.05. The summed E-state index contributed by atoms with van der Waals surface area (Å²) in [5.41, 5.74) is -0.0367. The molecule has 13 nitrogen and oxygen atoms in total. The molecular weight excluding hydrogens is 597 g/mol. The highest BCUT2D eigenvalue weighted by atomic mass is 19.1. The fourth-order valence-electron chi connectivity index (χ4n) is 4.91. The second-order valence-corrected chi connectivity index (χ2v) is 10.7. The van der Waals surface area contributed by atoms with Crippen LogP contribution in [-0.2, 0) is 20.8 Å². The smallest absolute Gasteiger partial charge is 0.278 e. The molecule has 0 unspecified atom stereocenters. The topological polar surface area (TPSA) is 165 Å². The lowest BCUT2D eigenvalue weighted by molar-refractivity contribution is -0.148. The fourth-order valence-corrected chi connectivity index (χ4v) is 4.91. The lowest BCUT2D eigenvalue weighted by atomic mass is 9.99. The van der Waals surface area contributed by atoms with Crippen LogP contribution in [0.3, 0.4) is 0 Å². The molecule has 2 atom stereocenters. The minimum atomic E-state index is -2.00. The molecule has 3 aromatic carbocycles. The van der Waals surface area contributed by atoms with Gasteiger partial charge in [-0.2, -0.15) is 4.98 Å². The van der Waals surface area contributed by atoms with Crippen molar-refractivity contribution >= 4 is 46.5 Å². The van der Waals surface area contributed by atoms with E-state index in [2.05, 4.69) is 36.6 Å². The molecule has 0 radical (unpaired) electrons. The Balaban J connectivity index is 1.34. The Kier molecular flexibility index (Phi) is 8.25. The Morgan fingerprint density at radius 3 is 2.50 bits per heavy atom. The third-order valence-electron chi connectivity index (χ3n) is 7.40. The molecule has 14 heteroatoms. The van der Waals surface area contributed by atoms with Gasteiger partial charge in [0.25, 0.3) is 17.4 Å². The zero-order valence-corrected chi connectivity index (χ0v) is 24.8. The molecule has 5 N–H and O–H groups in total. The van der Waals surface area contributed by atoms with E-state index in [1.807, 2.05) is 30.3 Å². The first-order chi connectivity index (χ1) is 22.2. The molecule has 46 heavy (non-hydrogen) atoms. The number of hydrogen-bond donors (Lipinski definition) is 5. The molecule has 0 aliphatic carbocycles. The van der Waals surface area contributed by atoms with Gasteiger partial charge in [-0.25, -0.2) is 9.37 Å². The van der Waals surface area contributed by atoms with E-state index in [0.717, 1.165) is 11.8 Å². The van der Waals surface area contributed by atoms with E-state index >= 15 is 0 Å². The first-order valence-electron chi connectivity index (χ1n) is 14.4. The number of hydrogen-bond acceptors (Lipinski definition) is 10. The summed E-state index contributed by atoms with van der Waals surface area (Å²) in [5, 5.41) is 14.1. The van der Waals surface area contributed by atoms with Crippen LogP contribution in [0.4, 0.5) is 33.2 Å². The van der Waals surface area contributed by atoms with E-state index in [1.165, 1.54) is 26.2 Å². The van der Waals surface area contributed by atoms with Crippen LogP contribution in [0, 0.1) is 5.82 Å². The lowest BCUT2D eigenvalue weighted by Gasteiger charge is -2.34. The summed E-state index contributed by atoms with van der Waals surface area (Å²) in [7, 11) is 1.48. The van der Waals surface area contributed by atoms with Gasteiger partial charge < -0.3 is 40.8 Å². The molecule has 4 aromatic rings. The number of amides is 3. The van der Waals surface area contributed by atoms with E-state index in [-0.39, 0.29) is 42.8 Å². The number of nitrogens with zero attached hydrogens (tertiary/aromatic N) is 2. The maximum absolute atomic E-state index is 14.7. The Labute approximate surface area is 262 Å². The van der Waals surface area contributed by atoms with Crippen molar-refractivity contribution in [1.82, 2.24) is 20.6 Å². The van der Waals surface area contributed by atoms with Crippen molar-refractivity contribution in [2.75, 3.05) is 36.2 Å². The second kappa shape index (κ2) is 12.6. The number of anilines is 5. The normalized spacial score (nSPS) is 19.5. The van der Waals surface area contributed by atoms with Crippen LogP contribution in [0.2, 0.25) is 0 Å². The van der Waals surface area contributed by atoms with Crippen LogP contribution in [0.5, 0.6) is 17.2 Å². The van der Waals surface area contributed by atoms with Gasteiger partial charge in [-0.15, -0.1) is 0 Å². The highest BCUT2D eigenvalue weighted by Crippen LogP contribution is 2.37. The Morgan fingerprint density at radius 1 is 0.957 bits per heavy atom. The Hall–Kier alpha value is -5.92. The number of ether oxygens (including phenoxy) is 3. The third-order valence-corrected chi connectivity index (χ3v) is 7.40. The van der Waals surface area contributed by atoms with Gasteiger partial charge in [-0.3, -0.25) is 14.4 Å². The summed E-state index contributed by atoms with van der Waals surface area (Å²) in [5.74, 6) is -1.78. The van der Waals surface area contributed by atoms with Gasteiger partial charge in [-0.05, 0) is 42.8 Å². The van der Waals surface area contributed by atoms with Crippen molar-refractivity contribution in [3.8, 4) is 17.2 Å². The number of halogens is 1. The maximum atomic E-state index is 14.7. The number of benzene rings is 3. The van der Waals surface area contributed by atoms with Gasteiger partial charge >= 0.3 is 0 Å². The second-order valence-electron chi connectivity index (χ2n) is 10.7. The van der Waals surface area contributed by atoms with Crippen molar-refractivity contribution in [1.29, 1.82) is 0 Å². The van der Waals surface area contributed by atoms with E-state index < -0.39 is 35.2 Å². The standard InChI is InChI=1S/C32H30FN7O6/c1-32-29(42)38-22-15-19(8-10-24(22)46-32)36-27-21(33)17-35-31(40-27)37-20-9-11-25(26(16-20)44-2)45-13-12-34-28(41)23(39-30(32)43)14-18-6-4-3-5-7-18/h3-11,15-17,23H,12-14H2,1-2H3,(H,34,41)(H,38,42)(H,39,43)(H2,35,36,37,40)/t23-,32+/m0/s1. The highest BCUT2D eigenvalue weighted by molar-refractivity contribution is 6.16. The van der Waals surface area contributed by atoms with Crippen molar-refractivity contribution in [2.24, 2.45) is 0 Å². The number of methoxy groups -OCH3 is 1. The van der Waals surface area contributed by atoms with E-state index in [9.17, 15) is 18.8 Å². The molecule has 10 rings (SSSR count). The molecule has 7 heterocycles. The monoisotopic (exact) mass is 627 g/mol. The van der Waals surface area contributed by atoms with Crippen LogP contribution >= 0.6 is 0 Å². The summed E-state index contributed by atoms with van der Waals surface area (Å²) < 4.78 is 32.0. The summed E-state index contributed by atoms with van der Waals surface area (Å²) in [6, 6.07) is 17.8. The largest absolute Gasteiger partial charge is 0.493 e. The first kappa shape index (κ1) is 30.1. The van der Waals surface area contributed by atoms with Crippen LogP contribution in [-0.4, -0.2) is 59.6 Å². The number of nitrogens with one attached hydrogen (secondary N) is 5. The number of rotatable bonds is 3. The third kappa shape index (κ3) is 6.31. The molecule has 1 aromatic heterocycles. The molecule has 0 fully saturated rings. The SMILES string of the molecule is COc1cc2ccc1OCCNC(=O)[C@H](Cc1ccccc1)NC(=O)[C@]1(C)Oc3ccc(cc3NC1=O)Nc1nc(ncc1F)N2. The molecule has 0 spiro atoms. The van der Waals surface area contributed by atoms with E-state index in [1.54, 1.807) is 24.3 Å². The van der Waals surface area contributed by atoms with Gasteiger partial charge in [0.2, 0.25) is 11.9 Å². The minimum absolute atomic E-state index is 0.0822. The molecule has 0 saturated carbocycles. The number of aromatic nitrogens is 2. The molecule has 6 aliphatic rings. The number of carbonyl (C=O) groups is 3. The summed E-state index contributed by atoms with van der Waals surface area (Å²) in [4.78, 5) is 48.6. The van der Waals surface area contributed by atoms with Gasteiger partial charge in [0.15, 0.2) is 23.1 Å². The van der Waals surface area contributed by atoms with E-state index in [4.69, 9.17) is 14.2 Å². The molecular formula is C32H30FN7O6. The molecule has 3 amide bonds. The lowest BCUT2D eigenvalue weighted by Crippen LogP contribution is -2.62. The Morgan fingerprint density at radius 2 is 1.72 bits per heavy atom. The predicted octanol–water partition coefficient (Wildman–Crippen LogP) is 3.44. The highest BCUT2D eigenvalue weighted by Gasteiger charge is 2.48. The zero-order valence-electron chi connectivity index (χ0n) is 24.8. The molecule has 236 valence electrons. The van der Waals surface area contributed by atoms with Gasteiger partial charge in [0.1, 0.15) is 18.4 Å². The van der Waals surface area contributed by atoms with Crippen LogP contribution in [0.25, 0.3) is 0 Å². The van der Waals surface area contributed by atoms with Crippen LogP contribution < -0.4 is 40.8 Å². The van der Waals surface area contributed by atoms with Crippen LogP contribution in [0.1, 0.15) is 12.5 Å². The summed E-state index contributed by atoms with van der Waals surface area (Å²) in [6.07, 6.45) is 1.17. The minimum Gasteiger partial charge on any atom is -0.493 e. The van der Waals surface area contributed by atoms with Gasteiger partial charge in [-0.1, -0.05) is 30.3 Å². The van der Waals surface area contributed by atoms with Crippen molar-refractivity contribution < 1.29 is 33.0 Å². The number of carbonyl (C=O) groups excluding carboxylic acids is 3. The summed E-state index contributed by atoms with van der Waals surface area (Å²) in [6.45, 7) is 1.51. The van der Waals surface area contributed by atoms with Crippen LogP contribution in [0.15, 0.2) is 72.9 Å². The Bertz CT molecular complexity index is 1810. The van der Waals surface area contributed by atoms with E-state index in [0.29, 0.717) is 22.9 Å². The zero-order chi connectivity index (χ0) is 32.3.